The summed E-state index contributed by atoms with van der Waals surface area (Å²) in [5.41, 5.74) is -1.87. The summed E-state index contributed by atoms with van der Waals surface area (Å²) in [5.74, 6) is -6.14. The molecule has 1 aliphatic rings. The minimum Gasteiger partial charge on any atom is -0.469 e. The van der Waals surface area contributed by atoms with Crippen molar-refractivity contribution in [2.24, 2.45) is 11.8 Å². The van der Waals surface area contributed by atoms with Crippen LogP contribution < -0.4 is 0 Å². The van der Waals surface area contributed by atoms with Crippen molar-refractivity contribution >= 4 is 23.4 Å². The van der Waals surface area contributed by atoms with Gasteiger partial charge < -0.3 is 14.6 Å². The van der Waals surface area contributed by atoms with E-state index in [2.05, 4.69) is 0 Å². The fourth-order valence-electron chi connectivity index (χ4n) is 3.52. The molecular weight excluding hydrogens is 346 g/mol. The van der Waals surface area contributed by atoms with Crippen molar-refractivity contribution < 1.29 is 33.9 Å². The molecule has 2 rings (SSSR count). The largest absolute Gasteiger partial charge is 0.469 e. The van der Waals surface area contributed by atoms with Gasteiger partial charge in [0.1, 0.15) is 5.92 Å². The van der Waals surface area contributed by atoms with Crippen LogP contribution in [0, 0.1) is 22.0 Å². The van der Waals surface area contributed by atoms with Crippen LogP contribution in [0.15, 0.2) is 24.3 Å². The normalized spacial score (nSPS) is 28.3. The van der Waals surface area contributed by atoms with Crippen molar-refractivity contribution in [2.75, 3.05) is 14.2 Å². The monoisotopic (exact) mass is 365 g/mol. The number of ketones is 1. The Morgan fingerprint density at radius 3 is 2.42 bits per heavy atom. The van der Waals surface area contributed by atoms with E-state index in [1.165, 1.54) is 31.2 Å². The van der Waals surface area contributed by atoms with E-state index in [1.54, 1.807) is 0 Å². The van der Waals surface area contributed by atoms with Crippen LogP contribution in [0.25, 0.3) is 0 Å². The Morgan fingerprint density at radius 1 is 1.27 bits per heavy atom. The molecule has 0 amide bonds. The first-order valence-corrected chi connectivity index (χ1v) is 7.79. The summed E-state index contributed by atoms with van der Waals surface area (Å²) in [4.78, 5) is 47.6. The average molecular weight is 365 g/mol. The van der Waals surface area contributed by atoms with Crippen LogP contribution in [0.5, 0.6) is 0 Å². The number of carbonyl (C=O) groups is 3. The zero-order valence-corrected chi connectivity index (χ0v) is 14.5. The van der Waals surface area contributed by atoms with Crippen molar-refractivity contribution in [3.63, 3.8) is 0 Å². The number of nitro groups is 1. The average Bonchev–Trinajstić information content (AvgIpc) is 2.59. The Hall–Kier alpha value is -2.81. The number of esters is 2. The molecule has 26 heavy (non-hydrogen) atoms. The number of ether oxygens (including phenoxy) is 2. The molecule has 4 atom stereocenters. The van der Waals surface area contributed by atoms with Crippen molar-refractivity contribution in [2.45, 2.75) is 24.9 Å². The Kier molecular flexibility index (Phi) is 5.41. The maximum absolute atomic E-state index is 12.5. The lowest BCUT2D eigenvalue weighted by Gasteiger charge is -2.43. The minimum atomic E-state index is -1.79. The number of Topliss-reactive ketones (excluding diaryl/α,β-unsaturated/α-hetero) is 1. The van der Waals surface area contributed by atoms with Gasteiger partial charge in [-0.05, 0) is 12.5 Å². The third-order valence-electron chi connectivity index (χ3n) is 4.64. The molecule has 1 N–H and O–H groups in total. The number of benzene rings is 1. The number of non-ortho nitro benzene ring substituents is 1. The Balaban J connectivity index is 2.69. The number of hydrogen-bond acceptors (Lipinski definition) is 8. The molecular formula is C17H19NO8. The fraction of sp³-hybridized carbons (Fsp3) is 0.471. The van der Waals surface area contributed by atoms with E-state index in [4.69, 9.17) is 9.47 Å². The number of nitrogens with zero attached hydrogens (tertiary/aromatic N) is 1. The second-order valence-electron chi connectivity index (χ2n) is 6.38. The quantitative estimate of drug-likeness (QED) is 0.361. The molecule has 0 bridgehead atoms. The molecule has 0 radical (unpaired) electrons. The van der Waals surface area contributed by atoms with Crippen molar-refractivity contribution in [1.82, 2.24) is 0 Å². The van der Waals surface area contributed by atoms with E-state index in [0.29, 0.717) is 0 Å². The van der Waals surface area contributed by atoms with E-state index in [0.717, 1.165) is 14.2 Å². The molecule has 1 aliphatic carbocycles. The lowest BCUT2D eigenvalue weighted by molar-refractivity contribution is -0.385. The summed E-state index contributed by atoms with van der Waals surface area (Å²) in [6, 6.07) is 5.25. The Bertz CT molecular complexity index is 757. The zero-order valence-electron chi connectivity index (χ0n) is 14.5. The standard InChI is InChI=1S/C17H19NO8/c1-17(22)8-11(19)13(15(20)25-2)12(14(17)16(21)26-3)9-5-4-6-10(7-9)18(23)24/h4-7,12-14,22H,8H2,1-3H3/t12-,13-,14-,17+/m1/s1. The highest BCUT2D eigenvalue weighted by atomic mass is 16.6. The molecule has 9 heteroatoms. The topological polar surface area (TPSA) is 133 Å². The Morgan fingerprint density at radius 2 is 1.88 bits per heavy atom. The first kappa shape index (κ1) is 19.5. The van der Waals surface area contributed by atoms with Crippen LogP contribution in [-0.4, -0.2) is 47.6 Å². The van der Waals surface area contributed by atoms with Crippen molar-refractivity contribution in [3.05, 3.63) is 39.9 Å². The van der Waals surface area contributed by atoms with Crippen LogP contribution >= 0.6 is 0 Å². The fourth-order valence-corrected chi connectivity index (χ4v) is 3.52. The molecule has 0 saturated heterocycles. The zero-order chi connectivity index (χ0) is 19.6. The molecule has 0 spiro atoms. The minimum absolute atomic E-state index is 0.193. The van der Waals surface area contributed by atoms with Crippen LogP contribution in [0.2, 0.25) is 0 Å². The molecule has 1 fully saturated rings. The highest BCUT2D eigenvalue weighted by molar-refractivity contribution is 6.02. The molecule has 0 aliphatic heterocycles. The second kappa shape index (κ2) is 7.20. The van der Waals surface area contributed by atoms with Crippen LogP contribution in [0.4, 0.5) is 5.69 Å². The van der Waals surface area contributed by atoms with Gasteiger partial charge in [0.25, 0.3) is 5.69 Å². The van der Waals surface area contributed by atoms with Crippen molar-refractivity contribution in [1.29, 1.82) is 0 Å². The molecule has 0 aromatic heterocycles. The highest BCUT2D eigenvalue weighted by Gasteiger charge is 2.57. The van der Waals surface area contributed by atoms with Gasteiger partial charge >= 0.3 is 11.9 Å². The van der Waals surface area contributed by atoms with Gasteiger partial charge in [-0.2, -0.15) is 0 Å². The predicted molar refractivity (Wildman–Crippen MR) is 87.1 cm³/mol. The maximum Gasteiger partial charge on any atom is 0.316 e. The van der Waals surface area contributed by atoms with Crippen LogP contribution in [-0.2, 0) is 23.9 Å². The summed E-state index contributed by atoms with van der Waals surface area (Å²) in [6.45, 7) is 1.30. The first-order valence-electron chi connectivity index (χ1n) is 7.79. The van der Waals surface area contributed by atoms with Gasteiger partial charge in [-0.3, -0.25) is 24.5 Å². The van der Waals surface area contributed by atoms with Crippen molar-refractivity contribution in [3.8, 4) is 0 Å². The molecule has 1 saturated carbocycles. The number of rotatable bonds is 4. The predicted octanol–water partition coefficient (Wildman–Crippen LogP) is 0.981. The van der Waals surface area contributed by atoms with E-state index >= 15 is 0 Å². The molecule has 140 valence electrons. The van der Waals surface area contributed by atoms with Gasteiger partial charge in [0, 0.05) is 24.5 Å². The number of hydrogen-bond donors (Lipinski definition) is 1. The summed E-state index contributed by atoms with van der Waals surface area (Å²) in [6.07, 6.45) is -0.446. The summed E-state index contributed by atoms with van der Waals surface area (Å²) in [5, 5.41) is 21.8. The number of methoxy groups -OCH3 is 2. The third-order valence-corrected chi connectivity index (χ3v) is 4.64. The molecule has 9 nitrogen and oxygen atoms in total. The molecule has 1 aromatic rings. The number of nitro benzene ring substituents is 1. The van der Waals surface area contributed by atoms with Gasteiger partial charge in [-0.1, -0.05) is 12.1 Å². The number of aliphatic hydroxyl groups is 1. The SMILES string of the molecule is COC(=O)[C@@H]1C(=O)C[C@](C)(O)[C@@H](C(=O)OC)[C@@H]1c1cccc([N+](=O)[O-])c1. The maximum atomic E-state index is 12.5. The summed E-state index contributed by atoms with van der Waals surface area (Å²) < 4.78 is 9.45. The van der Waals surface area contributed by atoms with Gasteiger partial charge in [0.2, 0.25) is 0 Å². The Labute approximate surface area is 149 Å². The molecule has 0 heterocycles. The van der Waals surface area contributed by atoms with Gasteiger partial charge in [-0.25, -0.2) is 0 Å². The van der Waals surface area contributed by atoms with Gasteiger partial charge in [0.05, 0.1) is 30.7 Å². The van der Waals surface area contributed by atoms with Gasteiger partial charge in [-0.15, -0.1) is 0 Å². The molecule has 0 unspecified atom stereocenters. The number of carbonyl (C=O) groups excluding carboxylic acids is 3. The third kappa shape index (κ3) is 3.43. The van der Waals surface area contributed by atoms with E-state index in [-0.39, 0.29) is 11.3 Å². The van der Waals surface area contributed by atoms with Gasteiger partial charge in [0.15, 0.2) is 5.78 Å². The highest BCUT2D eigenvalue weighted by Crippen LogP contribution is 2.47. The second-order valence-corrected chi connectivity index (χ2v) is 6.38. The lowest BCUT2D eigenvalue weighted by Crippen LogP contribution is -2.55. The van der Waals surface area contributed by atoms with E-state index in [1.807, 2.05) is 0 Å². The smallest absolute Gasteiger partial charge is 0.316 e. The van der Waals surface area contributed by atoms with E-state index < -0.39 is 52.4 Å². The van der Waals surface area contributed by atoms with Crippen LogP contribution in [0.3, 0.4) is 0 Å². The molecule has 1 aromatic carbocycles. The lowest BCUT2D eigenvalue weighted by atomic mass is 9.61. The summed E-state index contributed by atoms with van der Waals surface area (Å²) in [7, 11) is 2.21. The first-order chi connectivity index (χ1) is 12.1. The van der Waals surface area contributed by atoms with E-state index in [9.17, 15) is 29.6 Å². The van der Waals surface area contributed by atoms with Crippen LogP contribution in [0.1, 0.15) is 24.8 Å². The summed E-state index contributed by atoms with van der Waals surface area (Å²) >= 11 is 0.